The molecule has 0 bridgehead atoms. The van der Waals surface area contributed by atoms with E-state index >= 15 is 0 Å². The normalized spacial score (nSPS) is 12.5. The summed E-state index contributed by atoms with van der Waals surface area (Å²) in [4.78, 5) is 10.9. The number of aliphatic carboxylic acids is 1. The maximum absolute atomic E-state index is 10.9. The van der Waals surface area contributed by atoms with Crippen LogP contribution in [0, 0.1) is 6.92 Å². The third-order valence-electron chi connectivity index (χ3n) is 2.23. The van der Waals surface area contributed by atoms with Crippen LogP contribution in [0.3, 0.4) is 0 Å². The van der Waals surface area contributed by atoms with E-state index < -0.39 is 11.9 Å². The van der Waals surface area contributed by atoms with E-state index in [9.17, 15) is 9.90 Å². The molecule has 1 aromatic rings. The van der Waals surface area contributed by atoms with Crippen LogP contribution in [0.5, 0.6) is 5.75 Å². The summed E-state index contributed by atoms with van der Waals surface area (Å²) in [5.41, 5.74) is 6.58. The van der Waals surface area contributed by atoms with Crippen LogP contribution in [0.15, 0.2) is 16.6 Å². The molecule has 0 radical (unpaired) electrons. The van der Waals surface area contributed by atoms with E-state index in [-0.39, 0.29) is 12.3 Å². The SMILES string of the molecule is Cc1ccc(O)c(C(CN)C(=O)O)c1Br. The fourth-order valence-electron chi connectivity index (χ4n) is 1.37. The molecule has 4 N–H and O–H groups in total. The molecule has 1 aromatic carbocycles. The number of benzene rings is 1. The van der Waals surface area contributed by atoms with Gasteiger partial charge in [-0.3, -0.25) is 4.79 Å². The van der Waals surface area contributed by atoms with Gasteiger partial charge in [0.25, 0.3) is 0 Å². The van der Waals surface area contributed by atoms with Crippen molar-refractivity contribution in [3.05, 3.63) is 27.7 Å². The standard InChI is InChI=1S/C10H12BrNO3/c1-5-2-3-7(13)8(9(5)11)6(4-12)10(14)15/h2-3,6,13H,4,12H2,1H3,(H,14,15). The maximum Gasteiger partial charge on any atom is 0.312 e. The lowest BCUT2D eigenvalue weighted by molar-refractivity contribution is -0.138. The van der Waals surface area contributed by atoms with Crippen LogP contribution in [0.1, 0.15) is 17.0 Å². The number of hydrogen-bond donors (Lipinski definition) is 3. The summed E-state index contributed by atoms with van der Waals surface area (Å²) in [5, 5.41) is 18.6. The molecule has 0 amide bonds. The first kappa shape index (κ1) is 12.0. The van der Waals surface area contributed by atoms with E-state index in [2.05, 4.69) is 15.9 Å². The van der Waals surface area contributed by atoms with Gasteiger partial charge in [0, 0.05) is 16.6 Å². The van der Waals surface area contributed by atoms with Crippen LogP contribution >= 0.6 is 15.9 Å². The van der Waals surface area contributed by atoms with Crippen molar-refractivity contribution in [2.45, 2.75) is 12.8 Å². The highest BCUT2D eigenvalue weighted by atomic mass is 79.9. The number of carbonyl (C=O) groups is 1. The van der Waals surface area contributed by atoms with Gasteiger partial charge in [0.1, 0.15) is 5.75 Å². The summed E-state index contributed by atoms with van der Waals surface area (Å²) in [6.45, 7) is 1.77. The van der Waals surface area contributed by atoms with Crippen molar-refractivity contribution in [1.29, 1.82) is 0 Å². The molecule has 0 fully saturated rings. The molecule has 0 aromatic heterocycles. The molecule has 4 nitrogen and oxygen atoms in total. The number of hydrogen-bond acceptors (Lipinski definition) is 3. The Hall–Kier alpha value is -1.07. The minimum Gasteiger partial charge on any atom is -0.508 e. The summed E-state index contributed by atoms with van der Waals surface area (Å²) >= 11 is 3.26. The Labute approximate surface area is 95.8 Å². The predicted octanol–water partition coefficient (Wildman–Crippen LogP) is 1.59. The fourth-order valence-corrected chi connectivity index (χ4v) is 1.98. The molecule has 1 atom stereocenters. The first-order valence-corrected chi connectivity index (χ1v) is 5.19. The molecule has 5 heteroatoms. The number of phenols is 1. The minimum atomic E-state index is -1.04. The van der Waals surface area contributed by atoms with Crippen LogP contribution in [-0.4, -0.2) is 22.7 Å². The number of rotatable bonds is 3. The lowest BCUT2D eigenvalue weighted by atomic mass is 9.96. The molecule has 82 valence electrons. The van der Waals surface area contributed by atoms with E-state index in [4.69, 9.17) is 10.8 Å². The Balaban J connectivity index is 3.34. The Morgan fingerprint density at radius 2 is 2.20 bits per heavy atom. The number of carboxylic acid groups (broad SMARTS) is 1. The molecule has 0 heterocycles. The lowest BCUT2D eigenvalue weighted by Gasteiger charge is -2.15. The summed E-state index contributed by atoms with van der Waals surface area (Å²) in [5.74, 6) is -1.98. The maximum atomic E-state index is 10.9. The first-order chi connectivity index (χ1) is 6.99. The summed E-state index contributed by atoms with van der Waals surface area (Å²) in [7, 11) is 0. The van der Waals surface area contributed by atoms with E-state index in [0.717, 1.165) is 5.56 Å². The highest BCUT2D eigenvalue weighted by Gasteiger charge is 2.24. The second-order valence-electron chi connectivity index (χ2n) is 3.26. The topological polar surface area (TPSA) is 83.5 Å². The number of nitrogens with two attached hydrogens (primary N) is 1. The Morgan fingerprint density at radius 3 is 2.67 bits per heavy atom. The zero-order valence-corrected chi connectivity index (χ0v) is 9.78. The molecule has 0 saturated carbocycles. The van der Waals surface area contributed by atoms with Crippen molar-refractivity contribution in [3.8, 4) is 5.75 Å². The van der Waals surface area contributed by atoms with E-state index in [0.29, 0.717) is 10.0 Å². The van der Waals surface area contributed by atoms with Crippen molar-refractivity contribution in [3.63, 3.8) is 0 Å². The Morgan fingerprint density at radius 1 is 1.60 bits per heavy atom. The minimum absolute atomic E-state index is 0.0506. The van der Waals surface area contributed by atoms with Gasteiger partial charge in [-0.05, 0) is 18.6 Å². The summed E-state index contributed by atoms with van der Waals surface area (Å²) in [6, 6.07) is 3.18. The van der Waals surface area contributed by atoms with Crippen LogP contribution in [0.2, 0.25) is 0 Å². The molecule has 1 rings (SSSR count). The van der Waals surface area contributed by atoms with Crippen molar-refractivity contribution >= 4 is 21.9 Å². The lowest BCUT2D eigenvalue weighted by Crippen LogP contribution is -2.21. The van der Waals surface area contributed by atoms with Crippen LogP contribution in [0.25, 0.3) is 0 Å². The second kappa shape index (κ2) is 4.63. The molecule has 0 aliphatic carbocycles. The highest BCUT2D eigenvalue weighted by Crippen LogP contribution is 2.34. The Kier molecular flexibility index (Phi) is 3.71. The van der Waals surface area contributed by atoms with Gasteiger partial charge in [0.2, 0.25) is 0 Å². The van der Waals surface area contributed by atoms with Gasteiger partial charge in [0.15, 0.2) is 0 Å². The molecular weight excluding hydrogens is 262 g/mol. The van der Waals surface area contributed by atoms with Gasteiger partial charge < -0.3 is 15.9 Å². The summed E-state index contributed by atoms with van der Waals surface area (Å²) < 4.78 is 0.598. The molecule has 1 unspecified atom stereocenters. The average molecular weight is 274 g/mol. The van der Waals surface area contributed by atoms with Crippen molar-refractivity contribution < 1.29 is 15.0 Å². The van der Waals surface area contributed by atoms with E-state index in [1.54, 1.807) is 6.07 Å². The van der Waals surface area contributed by atoms with Crippen LogP contribution in [0.4, 0.5) is 0 Å². The quantitative estimate of drug-likeness (QED) is 0.781. The number of aromatic hydroxyl groups is 1. The van der Waals surface area contributed by atoms with Gasteiger partial charge in [-0.25, -0.2) is 0 Å². The fraction of sp³-hybridized carbons (Fsp3) is 0.300. The van der Waals surface area contributed by atoms with E-state index in [1.165, 1.54) is 6.07 Å². The molecular formula is C10H12BrNO3. The zero-order chi connectivity index (χ0) is 11.6. The average Bonchev–Trinajstić information content (AvgIpc) is 2.18. The van der Waals surface area contributed by atoms with Gasteiger partial charge in [-0.1, -0.05) is 22.0 Å². The van der Waals surface area contributed by atoms with E-state index in [1.807, 2.05) is 6.92 Å². The van der Waals surface area contributed by atoms with Crippen molar-refractivity contribution in [1.82, 2.24) is 0 Å². The monoisotopic (exact) mass is 273 g/mol. The summed E-state index contributed by atoms with van der Waals surface area (Å²) in [6.07, 6.45) is 0. The second-order valence-corrected chi connectivity index (χ2v) is 4.05. The first-order valence-electron chi connectivity index (χ1n) is 4.39. The number of aryl methyl sites for hydroxylation is 1. The van der Waals surface area contributed by atoms with Gasteiger partial charge >= 0.3 is 5.97 Å². The van der Waals surface area contributed by atoms with Crippen molar-refractivity contribution in [2.24, 2.45) is 5.73 Å². The molecule has 0 saturated heterocycles. The Bertz CT molecular complexity index is 392. The molecule has 0 spiro atoms. The third kappa shape index (κ3) is 2.30. The van der Waals surface area contributed by atoms with Crippen LogP contribution in [-0.2, 0) is 4.79 Å². The largest absolute Gasteiger partial charge is 0.508 e. The molecule has 0 aliphatic rings. The predicted molar refractivity (Wildman–Crippen MR) is 60.0 cm³/mol. The number of halogens is 1. The van der Waals surface area contributed by atoms with Gasteiger partial charge in [0.05, 0.1) is 5.92 Å². The zero-order valence-electron chi connectivity index (χ0n) is 8.20. The van der Waals surface area contributed by atoms with Crippen molar-refractivity contribution in [2.75, 3.05) is 6.54 Å². The smallest absolute Gasteiger partial charge is 0.312 e. The van der Waals surface area contributed by atoms with Gasteiger partial charge in [-0.2, -0.15) is 0 Å². The molecule has 0 aliphatic heterocycles. The van der Waals surface area contributed by atoms with Gasteiger partial charge in [-0.15, -0.1) is 0 Å². The number of phenolic OH excluding ortho intramolecular Hbond substituents is 1. The third-order valence-corrected chi connectivity index (χ3v) is 3.28. The van der Waals surface area contributed by atoms with Crippen LogP contribution < -0.4 is 5.73 Å². The number of carboxylic acids is 1. The molecule has 15 heavy (non-hydrogen) atoms. The highest BCUT2D eigenvalue weighted by molar-refractivity contribution is 9.10.